The maximum Gasteiger partial charge on any atom is 0.417 e. The van der Waals surface area contributed by atoms with Gasteiger partial charge in [-0.1, -0.05) is 54.6 Å². The van der Waals surface area contributed by atoms with Gasteiger partial charge in [0.25, 0.3) is 5.56 Å². The number of esters is 1. The molecule has 1 fully saturated rings. The number of benzene rings is 3. The normalized spacial score (nSPS) is 18.1. The van der Waals surface area contributed by atoms with Gasteiger partial charge in [-0.25, -0.2) is 4.79 Å². The van der Waals surface area contributed by atoms with Gasteiger partial charge in [-0.15, -0.1) is 0 Å². The Morgan fingerprint density at radius 1 is 0.978 bits per heavy atom. The molecule has 1 aliphatic heterocycles. The summed E-state index contributed by atoms with van der Waals surface area (Å²) in [5.74, 6) is -2.38. The maximum absolute atomic E-state index is 14.6. The molecule has 0 aliphatic carbocycles. The van der Waals surface area contributed by atoms with Crippen LogP contribution in [-0.2, 0) is 34.0 Å². The quantitative estimate of drug-likeness (QED) is 0.216. The van der Waals surface area contributed by atoms with Crippen molar-refractivity contribution in [2.75, 3.05) is 20.2 Å². The van der Waals surface area contributed by atoms with Crippen molar-refractivity contribution in [2.24, 2.45) is 12.5 Å². The predicted molar refractivity (Wildman–Crippen MR) is 155 cm³/mol. The highest BCUT2D eigenvalue weighted by atomic mass is 19.4. The Bertz CT molecular complexity index is 1840. The number of ether oxygens (including phenoxy) is 1. The maximum atomic E-state index is 14.6. The number of para-hydroxylation sites is 1. The van der Waals surface area contributed by atoms with Gasteiger partial charge >= 0.3 is 18.3 Å². The summed E-state index contributed by atoms with van der Waals surface area (Å²) in [5, 5.41) is 5.25. The summed E-state index contributed by atoms with van der Waals surface area (Å²) in [6.07, 6.45) is -10.5. The average Bonchev–Trinajstić information content (AvgIpc) is 3.01. The number of piperidine rings is 1. The van der Waals surface area contributed by atoms with E-state index in [0.717, 1.165) is 11.7 Å². The number of halogens is 6. The van der Waals surface area contributed by atoms with Gasteiger partial charge in [0.2, 0.25) is 5.91 Å². The minimum atomic E-state index is -4.90. The van der Waals surface area contributed by atoms with Crippen molar-refractivity contribution in [1.82, 2.24) is 15.2 Å². The number of carbonyl (C=O) groups is 2. The highest BCUT2D eigenvalue weighted by Gasteiger charge is 2.60. The Hall–Kier alpha value is -4.39. The Morgan fingerprint density at radius 2 is 1.64 bits per heavy atom. The SMILES string of the molecule is COC(=O)[C@H](Cc1cccc2c(-c3c(C(F)(F)F)c4ccccc4n(C)c3=O)cccc12)NC(=O)C1(C(F)(F)F)CCCNC1. The van der Waals surface area contributed by atoms with Gasteiger partial charge in [0.15, 0.2) is 5.41 Å². The molecule has 1 aliphatic rings. The number of aryl methyl sites for hydroxylation is 1. The second kappa shape index (κ2) is 11.8. The third-order valence-electron chi connectivity index (χ3n) is 8.44. The molecule has 3 aromatic carbocycles. The Labute approximate surface area is 253 Å². The molecule has 5 rings (SSSR count). The molecule has 45 heavy (non-hydrogen) atoms. The zero-order chi connectivity index (χ0) is 32.7. The minimum Gasteiger partial charge on any atom is -0.467 e. The molecule has 2 N–H and O–H groups in total. The highest BCUT2D eigenvalue weighted by molar-refractivity contribution is 6.02. The lowest BCUT2D eigenvalue weighted by Crippen LogP contribution is -2.61. The number of methoxy groups -OCH3 is 1. The summed E-state index contributed by atoms with van der Waals surface area (Å²) < 4.78 is 92.3. The van der Waals surface area contributed by atoms with E-state index in [1.807, 2.05) is 0 Å². The summed E-state index contributed by atoms with van der Waals surface area (Å²) in [7, 11) is 2.41. The van der Waals surface area contributed by atoms with E-state index in [-0.39, 0.29) is 34.7 Å². The van der Waals surface area contributed by atoms with E-state index < -0.39 is 65.3 Å². The summed E-state index contributed by atoms with van der Waals surface area (Å²) in [6, 6.07) is 13.1. The third kappa shape index (κ3) is 5.65. The lowest BCUT2D eigenvalue weighted by Gasteiger charge is -2.38. The van der Waals surface area contributed by atoms with Crippen molar-refractivity contribution in [3.05, 3.63) is 82.1 Å². The molecule has 1 unspecified atom stereocenters. The van der Waals surface area contributed by atoms with Gasteiger partial charge in [0.05, 0.1) is 23.8 Å². The second-order valence-corrected chi connectivity index (χ2v) is 11.1. The largest absolute Gasteiger partial charge is 0.467 e. The van der Waals surface area contributed by atoms with Gasteiger partial charge in [0, 0.05) is 25.4 Å². The number of carbonyl (C=O) groups excluding carboxylic acids is 2. The summed E-state index contributed by atoms with van der Waals surface area (Å²) in [4.78, 5) is 39.5. The number of hydrogen-bond acceptors (Lipinski definition) is 5. The van der Waals surface area contributed by atoms with Crippen LogP contribution in [0.4, 0.5) is 26.3 Å². The highest BCUT2D eigenvalue weighted by Crippen LogP contribution is 2.44. The molecule has 13 heteroatoms. The molecule has 238 valence electrons. The molecular weight excluding hydrogens is 604 g/mol. The fraction of sp³-hybridized carbons (Fsp3) is 0.344. The molecule has 0 radical (unpaired) electrons. The van der Waals surface area contributed by atoms with E-state index in [4.69, 9.17) is 4.74 Å². The number of hydrogen-bond donors (Lipinski definition) is 2. The van der Waals surface area contributed by atoms with Crippen molar-refractivity contribution < 1.29 is 40.7 Å². The van der Waals surface area contributed by atoms with Crippen molar-refractivity contribution in [3.8, 4) is 11.1 Å². The third-order valence-corrected chi connectivity index (χ3v) is 8.44. The van der Waals surface area contributed by atoms with Gasteiger partial charge < -0.3 is 19.9 Å². The Balaban J connectivity index is 1.63. The number of pyridine rings is 1. The molecule has 2 atom stereocenters. The Kier molecular flexibility index (Phi) is 8.43. The molecule has 7 nitrogen and oxygen atoms in total. The van der Waals surface area contributed by atoms with Crippen LogP contribution in [0.2, 0.25) is 0 Å². The van der Waals surface area contributed by atoms with Crippen molar-refractivity contribution in [3.63, 3.8) is 0 Å². The van der Waals surface area contributed by atoms with Crippen LogP contribution in [0.25, 0.3) is 32.8 Å². The number of fused-ring (bicyclic) bond motifs is 2. The predicted octanol–water partition coefficient (Wildman–Crippen LogP) is 5.51. The van der Waals surface area contributed by atoms with Crippen LogP contribution in [-0.4, -0.2) is 48.9 Å². The van der Waals surface area contributed by atoms with Crippen LogP contribution in [0.15, 0.2) is 65.5 Å². The van der Waals surface area contributed by atoms with Gasteiger partial charge in [-0.3, -0.25) is 9.59 Å². The average molecular weight is 634 g/mol. The molecule has 0 saturated carbocycles. The summed E-state index contributed by atoms with van der Waals surface area (Å²) in [6.45, 7) is -0.351. The van der Waals surface area contributed by atoms with Gasteiger partial charge in [0.1, 0.15) is 6.04 Å². The van der Waals surface area contributed by atoms with Crippen LogP contribution in [0.5, 0.6) is 0 Å². The standard InChI is InChI=1S/C32H29F6N3O4/c1-41-24-13-4-3-9-22(24)26(31(33,34)35)25(27(41)42)21-12-6-10-19-18(8-5-11-20(19)21)16-23(28(43)45-2)40-29(44)30(32(36,37)38)14-7-15-39-17-30/h3-6,8-13,23,39H,7,14-17H2,1-2H3,(H,40,44)/t23-,30?/m0/s1. The monoisotopic (exact) mass is 633 g/mol. The van der Waals surface area contributed by atoms with E-state index >= 15 is 0 Å². The number of rotatable bonds is 6. The molecule has 2 heterocycles. The van der Waals surface area contributed by atoms with E-state index in [0.29, 0.717) is 17.5 Å². The van der Waals surface area contributed by atoms with Gasteiger partial charge in [-0.2, -0.15) is 26.3 Å². The first-order valence-corrected chi connectivity index (χ1v) is 14.1. The van der Waals surface area contributed by atoms with Crippen LogP contribution >= 0.6 is 0 Å². The number of nitrogens with one attached hydrogen (secondary N) is 2. The molecule has 1 amide bonds. The zero-order valence-corrected chi connectivity index (χ0v) is 24.2. The van der Waals surface area contributed by atoms with E-state index in [1.54, 1.807) is 12.1 Å². The minimum absolute atomic E-state index is 0.0176. The molecule has 0 spiro atoms. The number of aromatic nitrogens is 1. The lowest BCUT2D eigenvalue weighted by molar-refractivity contribution is -0.226. The number of amides is 1. The molecule has 1 saturated heterocycles. The van der Waals surface area contributed by atoms with Crippen molar-refractivity contribution >= 4 is 33.6 Å². The number of alkyl halides is 6. The summed E-state index contributed by atoms with van der Waals surface area (Å²) >= 11 is 0. The molecule has 0 bridgehead atoms. The van der Waals surface area contributed by atoms with Gasteiger partial charge in [-0.05, 0) is 47.4 Å². The lowest BCUT2D eigenvalue weighted by atomic mass is 9.78. The smallest absolute Gasteiger partial charge is 0.417 e. The van der Waals surface area contributed by atoms with E-state index in [2.05, 4.69) is 10.6 Å². The first-order chi connectivity index (χ1) is 21.2. The molecule has 4 aromatic rings. The van der Waals surface area contributed by atoms with Crippen molar-refractivity contribution in [1.29, 1.82) is 0 Å². The van der Waals surface area contributed by atoms with Crippen LogP contribution in [0, 0.1) is 5.41 Å². The number of nitrogens with zero attached hydrogens (tertiary/aromatic N) is 1. The first-order valence-electron chi connectivity index (χ1n) is 14.1. The Morgan fingerprint density at radius 3 is 2.29 bits per heavy atom. The van der Waals surface area contributed by atoms with Crippen molar-refractivity contribution in [2.45, 2.75) is 37.7 Å². The summed E-state index contributed by atoms with van der Waals surface area (Å²) in [5.41, 5.74) is -4.89. The fourth-order valence-electron chi connectivity index (χ4n) is 6.13. The topological polar surface area (TPSA) is 89.4 Å². The fourth-order valence-corrected chi connectivity index (χ4v) is 6.13. The van der Waals surface area contributed by atoms with E-state index in [1.165, 1.54) is 55.6 Å². The molecular formula is C32H29F6N3O4. The van der Waals surface area contributed by atoms with E-state index in [9.17, 15) is 40.7 Å². The second-order valence-electron chi connectivity index (χ2n) is 11.1. The first kappa shape index (κ1) is 32.0. The van der Waals surface area contributed by atoms with Crippen LogP contribution < -0.4 is 16.2 Å². The van der Waals surface area contributed by atoms with Crippen LogP contribution in [0.1, 0.15) is 24.0 Å². The van der Waals surface area contributed by atoms with Crippen LogP contribution in [0.3, 0.4) is 0 Å². The zero-order valence-electron chi connectivity index (χ0n) is 24.2. The molecule has 1 aromatic heterocycles.